The molecule has 222 valence electrons. The van der Waals surface area contributed by atoms with Gasteiger partial charge in [0.2, 0.25) is 0 Å². The minimum Gasteiger partial charge on any atom is -0.504 e. The molecule has 0 saturated carbocycles. The van der Waals surface area contributed by atoms with Crippen molar-refractivity contribution in [2.24, 2.45) is 0 Å². The predicted octanol–water partition coefficient (Wildman–Crippen LogP) is 6.75. The van der Waals surface area contributed by atoms with Gasteiger partial charge in [-0.1, -0.05) is 32.6 Å². The lowest BCUT2D eigenvalue weighted by Crippen LogP contribution is -2.30. The molecule has 1 aromatic carbocycles. The van der Waals surface area contributed by atoms with E-state index in [0.717, 1.165) is 49.3 Å². The lowest BCUT2D eigenvalue weighted by molar-refractivity contribution is -0.115. The van der Waals surface area contributed by atoms with E-state index in [0.29, 0.717) is 23.3 Å². The van der Waals surface area contributed by atoms with Gasteiger partial charge in [0.25, 0.3) is 5.91 Å². The van der Waals surface area contributed by atoms with Crippen LogP contribution in [0.2, 0.25) is 0 Å². The zero-order valence-corrected chi connectivity index (χ0v) is 26.1. The van der Waals surface area contributed by atoms with Gasteiger partial charge in [-0.3, -0.25) is 9.59 Å². The fourth-order valence-corrected chi connectivity index (χ4v) is 4.10. The highest BCUT2D eigenvalue weighted by Crippen LogP contribution is 2.27. The summed E-state index contributed by atoms with van der Waals surface area (Å²) in [5.74, 6) is 0.570. The fourth-order valence-electron chi connectivity index (χ4n) is 4.10. The van der Waals surface area contributed by atoms with Gasteiger partial charge in [0.1, 0.15) is 11.4 Å². The summed E-state index contributed by atoms with van der Waals surface area (Å²) in [6.45, 7) is 20.8. The molecule has 0 aromatic heterocycles. The molecule has 0 heterocycles. The Kier molecular flexibility index (Phi) is 15.1. The summed E-state index contributed by atoms with van der Waals surface area (Å²) in [5, 5.41) is 6.23. The lowest BCUT2D eigenvalue weighted by Gasteiger charge is -2.28. The van der Waals surface area contributed by atoms with Gasteiger partial charge in [-0.15, -0.1) is 0 Å². The third kappa shape index (κ3) is 11.8. The molecule has 0 spiro atoms. The highest BCUT2D eigenvalue weighted by Gasteiger charge is 2.23. The molecular formula is C33H51N3O4. The van der Waals surface area contributed by atoms with Gasteiger partial charge < -0.3 is 25.0 Å². The first-order valence-electron chi connectivity index (χ1n) is 14.2. The van der Waals surface area contributed by atoms with Crippen LogP contribution >= 0.6 is 0 Å². The number of Topliss-reactive ketones (excluding diaryl/α,β-unsaturated/α-hetero) is 1. The molecule has 7 heteroatoms. The summed E-state index contributed by atoms with van der Waals surface area (Å²) in [6.07, 6.45) is 8.95. The highest BCUT2D eigenvalue weighted by molar-refractivity contribution is 5.99. The van der Waals surface area contributed by atoms with E-state index in [4.69, 9.17) is 9.47 Å². The Hall–Kier alpha value is -3.32. The molecule has 0 bridgehead atoms. The molecule has 2 N–H and O–H groups in total. The topological polar surface area (TPSA) is 79.9 Å². The number of amides is 1. The summed E-state index contributed by atoms with van der Waals surface area (Å²) in [7, 11) is 3.21. The average Bonchev–Trinajstić information content (AvgIpc) is 2.92. The maximum Gasteiger partial charge on any atom is 0.251 e. The summed E-state index contributed by atoms with van der Waals surface area (Å²) >= 11 is 0. The Morgan fingerprint density at radius 2 is 1.88 bits per heavy atom. The van der Waals surface area contributed by atoms with Gasteiger partial charge >= 0.3 is 0 Å². The number of nitrogens with one attached hydrogen (secondary N) is 2. The van der Waals surface area contributed by atoms with Gasteiger partial charge in [-0.2, -0.15) is 0 Å². The Morgan fingerprint density at radius 3 is 2.42 bits per heavy atom. The van der Waals surface area contributed by atoms with Crippen molar-refractivity contribution in [1.82, 2.24) is 10.2 Å². The SMILES string of the molecule is C=Cc1ccc(C(=O)NC)cc1NC(C)CCN(CC)CC/C(C)=C(OC(C)(C)C)/C(=C\C=C\OC)C(=O)CC. The Labute approximate surface area is 242 Å². The maximum atomic E-state index is 12.9. The molecule has 1 unspecified atom stereocenters. The standard InChI is InChI=1S/C33H51N3O4/c1-11-26-16-17-27(32(38)34-9)23-29(26)35-25(5)19-21-36(13-3)20-18-24(4)31(40-33(6,7)8)28(30(37)12-2)15-14-22-39-10/h11,14-17,22-23,25,35H,1,12-13,18-21H2,2-10H3,(H,34,38)/b22-14+,28-15-,31-24-. The number of allylic oxidation sites excluding steroid dienone is 3. The number of ketones is 1. The van der Waals surface area contributed by atoms with Crippen LogP contribution in [0, 0.1) is 0 Å². The van der Waals surface area contributed by atoms with Crippen LogP contribution in [-0.4, -0.2) is 62.0 Å². The predicted molar refractivity (Wildman–Crippen MR) is 167 cm³/mol. The minimum absolute atomic E-state index is 0.0333. The Balaban J connectivity index is 3.02. The van der Waals surface area contributed by atoms with E-state index in [1.165, 1.54) is 0 Å². The number of carbonyl (C=O) groups excluding carboxylic acids is 2. The number of rotatable bonds is 17. The van der Waals surface area contributed by atoms with Crippen molar-refractivity contribution in [1.29, 1.82) is 0 Å². The van der Waals surface area contributed by atoms with Gasteiger partial charge in [0, 0.05) is 43.9 Å². The summed E-state index contributed by atoms with van der Waals surface area (Å²) in [4.78, 5) is 27.4. The van der Waals surface area contributed by atoms with E-state index in [9.17, 15) is 9.59 Å². The molecule has 0 saturated heterocycles. The molecule has 40 heavy (non-hydrogen) atoms. The first-order chi connectivity index (χ1) is 18.9. The summed E-state index contributed by atoms with van der Waals surface area (Å²) in [5.41, 5.74) is 3.64. The number of carbonyl (C=O) groups is 2. The van der Waals surface area contributed by atoms with Gasteiger partial charge in [0.15, 0.2) is 5.78 Å². The van der Waals surface area contributed by atoms with Crippen LogP contribution in [0.4, 0.5) is 5.69 Å². The number of benzene rings is 1. The molecule has 1 rings (SSSR count). The molecule has 7 nitrogen and oxygen atoms in total. The summed E-state index contributed by atoms with van der Waals surface area (Å²) < 4.78 is 11.4. The molecule has 0 aliphatic heterocycles. The van der Waals surface area contributed by atoms with Gasteiger partial charge in [-0.25, -0.2) is 0 Å². The second kappa shape index (κ2) is 17.4. The fraction of sp³-hybridized carbons (Fsp3) is 0.515. The Bertz CT molecular complexity index is 1080. The average molecular weight is 554 g/mol. The van der Waals surface area contributed by atoms with Crippen molar-refractivity contribution < 1.29 is 19.1 Å². The van der Waals surface area contributed by atoms with E-state index in [1.807, 2.05) is 46.8 Å². The molecule has 0 aliphatic carbocycles. The molecular weight excluding hydrogens is 502 g/mol. The number of hydrogen-bond acceptors (Lipinski definition) is 6. The first-order valence-corrected chi connectivity index (χ1v) is 14.2. The molecule has 1 atom stereocenters. The highest BCUT2D eigenvalue weighted by atomic mass is 16.5. The van der Waals surface area contributed by atoms with Crippen molar-refractivity contribution >= 4 is 23.5 Å². The van der Waals surface area contributed by atoms with E-state index in [-0.39, 0.29) is 17.7 Å². The molecule has 0 fully saturated rings. The molecule has 1 aromatic rings. The second-order valence-electron chi connectivity index (χ2n) is 10.8. The van der Waals surface area contributed by atoms with E-state index in [1.54, 1.807) is 44.7 Å². The van der Waals surface area contributed by atoms with Crippen LogP contribution < -0.4 is 10.6 Å². The number of methoxy groups -OCH3 is 1. The first kappa shape index (κ1) is 34.7. The normalized spacial score (nSPS) is 13.6. The van der Waals surface area contributed by atoms with Crippen LogP contribution in [0.3, 0.4) is 0 Å². The Morgan fingerprint density at radius 1 is 1.18 bits per heavy atom. The number of nitrogens with zero attached hydrogens (tertiary/aromatic N) is 1. The van der Waals surface area contributed by atoms with Crippen molar-refractivity contribution in [2.45, 2.75) is 79.4 Å². The van der Waals surface area contributed by atoms with Crippen molar-refractivity contribution in [3.05, 3.63) is 71.2 Å². The molecule has 1 amide bonds. The summed E-state index contributed by atoms with van der Waals surface area (Å²) in [6, 6.07) is 5.78. The van der Waals surface area contributed by atoms with Crippen molar-refractivity contribution in [3.8, 4) is 0 Å². The maximum absolute atomic E-state index is 12.9. The van der Waals surface area contributed by atoms with Crippen molar-refractivity contribution in [3.63, 3.8) is 0 Å². The van der Waals surface area contributed by atoms with E-state index < -0.39 is 5.60 Å². The third-order valence-electron chi connectivity index (χ3n) is 6.43. The van der Waals surface area contributed by atoms with Gasteiger partial charge in [-0.05, 0) is 89.4 Å². The quantitative estimate of drug-likeness (QED) is 0.126. The second-order valence-corrected chi connectivity index (χ2v) is 10.8. The molecule has 0 radical (unpaired) electrons. The zero-order valence-electron chi connectivity index (χ0n) is 26.1. The van der Waals surface area contributed by atoms with Gasteiger partial charge in [0.05, 0.1) is 18.9 Å². The monoisotopic (exact) mass is 553 g/mol. The van der Waals surface area contributed by atoms with Crippen LogP contribution in [0.15, 0.2) is 60.1 Å². The smallest absolute Gasteiger partial charge is 0.251 e. The van der Waals surface area contributed by atoms with Crippen molar-refractivity contribution in [2.75, 3.05) is 39.1 Å². The number of anilines is 1. The third-order valence-corrected chi connectivity index (χ3v) is 6.43. The largest absolute Gasteiger partial charge is 0.504 e. The van der Waals surface area contributed by atoms with Crippen LogP contribution in [-0.2, 0) is 14.3 Å². The van der Waals surface area contributed by atoms with Crippen LogP contribution in [0.1, 0.15) is 83.7 Å². The number of hydrogen-bond donors (Lipinski definition) is 2. The lowest BCUT2D eigenvalue weighted by atomic mass is 10.00. The minimum atomic E-state index is -0.445. The zero-order chi connectivity index (χ0) is 30.3. The molecule has 0 aliphatic rings. The number of ether oxygens (including phenoxy) is 2. The van der Waals surface area contributed by atoms with Crippen LogP contribution in [0.5, 0.6) is 0 Å². The van der Waals surface area contributed by atoms with E-state index in [2.05, 4.69) is 36.0 Å². The van der Waals surface area contributed by atoms with Crippen LogP contribution in [0.25, 0.3) is 6.08 Å². The van der Waals surface area contributed by atoms with E-state index >= 15 is 0 Å².